The lowest BCUT2D eigenvalue weighted by molar-refractivity contribution is -0.116. The topological polar surface area (TPSA) is 99.3 Å². The summed E-state index contributed by atoms with van der Waals surface area (Å²) in [7, 11) is 0. The Morgan fingerprint density at radius 1 is 0.935 bits per heavy atom. The number of hydrogen-bond donors (Lipinski definition) is 4. The van der Waals surface area contributed by atoms with Crippen LogP contribution < -0.4 is 21.3 Å². The molecule has 3 amide bonds. The Balaban J connectivity index is 1.97. The third-order valence-corrected chi connectivity index (χ3v) is 4.39. The lowest BCUT2D eigenvalue weighted by Crippen LogP contribution is -2.40. The molecule has 0 saturated heterocycles. The minimum atomic E-state index is -0.357. The van der Waals surface area contributed by atoms with E-state index in [0.29, 0.717) is 34.1 Å². The fourth-order valence-electron chi connectivity index (χ4n) is 2.72. The highest BCUT2D eigenvalue weighted by molar-refractivity contribution is 6.33. The van der Waals surface area contributed by atoms with Gasteiger partial charge in [0.25, 0.3) is 5.91 Å². The molecule has 0 radical (unpaired) electrons. The van der Waals surface area contributed by atoms with E-state index >= 15 is 0 Å². The maximum absolute atomic E-state index is 12.4. The van der Waals surface area contributed by atoms with Gasteiger partial charge in [-0.3, -0.25) is 14.4 Å². The van der Waals surface area contributed by atoms with Gasteiger partial charge in [0.1, 0.15) is 0 Å². The van der Waals surface area contributed by atoms with E-state index in [9.17, 15) is 14.4 Å². The normalized spacial score (nSPS) is 10.9. The first kappa shape index (κ1) is 24.2. The average molecular weight is 445 g/mol. The molecule has 0 atom stereocenters. The summed E-state index contributed by atoms with van der Waals surface area (Å²) in [6.45, 7) is 7.59. The molecule has 0 aromatic heterocycles. The van der Waals surface area contributed by atoms with Gasteiger partial charge in [-0.05, 0) is 63.6 Å². The van der Waals surface area contributed by atoms with Crippen LogP contribution in [0.5, 0.6) is 0 Å². The van der Waals surface area contributed by atoms with Crippen LogP contribution in [0.15, 0.2) is 42.5 Å². The van der Waals surface area contributed by atoms with Crippen molar-refractivity contribution >= 4 is 46.4 Å². The minimum absolute atomic E-state index is 0.0372. The van der Waals surface area contributed by atoms with Crippen LogP contribution in [0.4, 0.5) is 17.1 Å². The summed E-state index contributed by atoms with van der Waals surface area (Å²) in [6, 6.07) is 11.8. The summed E-state index contributed by atoms with van der Waals surface area (Å²) < 4.78 is 0. The first-order valence-electron chi connectivity index (χ1n) is 10.1. The number of carbonyl (C=O) groups excluding carboxylic acids is 3. The molecule has 31 heavy (non-hydrogen) atoms. The summed E-state index contributed by atoms with van der Waals surface area (Å²) in [5, 5.41) is 11.8. The molecule has 2 aromatic rings. The van der Waals surface area contributed by atoms with Crippen LogP contribution in [0.25, 0.3) is 0 Å². The van der Waals surface area contributed by atoms with Crippen molar-refractivity contribution in [2.24, 2.45) is 0 Å². The molecule has 4 N–H and O–H groups in total. The molecule has 0 unspecified atom stereocenters. The lowest BCUT2D eigenvalue weighted by Gasteiger charge is -2.20. The van der Waals surface area contributed by atoms with Gasteiger partial charge in [0.15, 0.2) is 0 Å². The predicted molar refractivity (Wildman–Crippen MR) is 126 cm³/mol. The standard InChI is InChI=1S/C23H29ClN4O3/c1-5-7-20(29)26-17-10-11-18(24)19(13-17)25-14-21(30)27-16-9-6-8-15(12-16)22(31)28-23(2,3)4/h6,8-13,25H,5,7,14H2,1-4H3,(H,26,29)(H,27,30)(H,28,31). The van der Waals surface area contributed by atoms with E-state index in [4.69, 9.17) is 11.6 Å². The van der Waals surface area contributed by atoms with Crippen LogP contribution in [-0.2, 0) is 9.59 Å². The van der Waals surface area contributed by atoms with E-state index < -0.39 is 0 Å². The maximum atomic E-state index is 12.4. The van der Waals surface area contributed by atoms with E-state index in [1.807, 2.05) is 27.7 Å². The number of hydrogen-bond acceptors (Lipinski definition) is 4. The van der Waals surface area contributed by atoms with Crippen LogP contribution in [0.3, 0.4) is 0 Å². The third-order valence-electron chi connectivity index (χ3n) is 4.06. The molecule has 166 valence electrons. The van der Waals surface area contributed by atoms with E-state index in [1.165, 1.54) is 0 Å². The molecular formula is C23H29ClN4O3. The van der Waals surface area contributed by atoms with Gasteiger partial charge in [-0.1, -0.05) is 24.6 Å². The number of benzene rings is 2. The van der Waals surface area contributed by atoms with Gasteiger partial charge in [0.05, 0.1) is 17.3 Å². The molecule has 0 aliphatic carbocycles. The van der Waals surface area contributed by atoms with Crippen LogP contribution >= 0.6 is 11.6 Å². The van der Waals surface area contributed by atoms with Gasteiger partial charge >= 0.3 is 0 Å². The maximum Gasteiger partial charge on any atom is 0.251 e. The number of amides is 3. The Labute approximate surface area is 187 Å². The average Bonchev–Trinajstić information content (AvgIpc) is 2.67. The van der Waals surface area contributed by atoms with Crippen LogP contribution in [0, 0.1) is 0 Å². The smallest absolute Gasteiger partial charge is 0.251 e. The molecule has 2 rings (SSSR count). The predicted octanol–water partition coefficient (Wildman–Crippen LogP) is 4.66. The van der Waals surface area contributed by atoms with Crippen molar-refractivity contribution in [1.82, 2.24) is 5.32 Å². The fraction of sp³-hybridized carbons (Fsp3) is 0.348. The Morgan fingerprint density at radius 3 is 2.29 bits per heavy atom. The van der Waals surface area contributed by atoms with Crippen molar-refractivity contribution in [2.75, 3.05) is 22.5 Å². The summed E-state index contributed by atoms with van der Waals surface area (Å²) in [5.74, 6) is -0.593. The highest BCUT2D eigenvalue weighted by Gasteiger charge is 2.16. The van der Waals surface area contributed by atoms with Crippen molar-refractivity contribution in [3.05, 3.63) is 53.1 Å². The van der Waals surface area contributed by atoms with Crippen molar-refractivity contribution in [3.63, 3.8) is 0 Å². The van der Waals surface area contributed by atoms with Crippen molar-refractivity contribution < 1.29 is 14.4 Å². The number of nitrogens with one attached hydrogen (secondary N) is 4. The second-order valence-electron chi connectivity index (χ2n) is 8.18. The molecule has 0 saturated carbocycles. The molecular weight excluding hydrogens is 416 g/mol. The van der Waals surface area contributed by atoms with Gasteiger partial charge in [-0.25, -0.2) is 0 Å². The molecule has 0 aliphatic heterocycles. The lowest BCUT2D eigenvalue weighted by atomic mass is 10.1. The van der Waals surface area contributed by atoms with E-state index in [0.717, 1.165) is 6.42 Å². The molecule has 0 heterocycles. The van der Waals surface area contributed by atoms with Gasteiger partial charge in [-0.2, -0.15) is 0 Å². The number of halogens is 1. The Bertz CT molecular complexity index is 954. The van der Waals surface area contributed by atoms with Crippen LogP contribution in [0.1, 0.15) is 50.9 Å². The van der Waals surface area contributed by atoms with Gasteiger partial charge in [0.2, 0.25) is 11.8 Å². The Morgan fingerprint density at radius 2 is 1.61 bits per heavy atom. The van der Waals surface area contributed by atoms with Gasteiger partial charge in [0, 0.05) is 28.9 Å². The molecule has 8 heteroatoms. The number of rotatable bonds is 8. The summed E-state index contributed by atoms with van der Waals surface area (Å²) in [4.78, 5) is 36.5. The quantitative estimate of drug-likeness (QED) is 0.476. The van der Waals surface area contributed by atoms with Crippen molar-refractivity contribution in [1.29, 1.82) is 0 Å². The monoisotopic (exact) mass is 444 g/mol. The van der Waals surface area contributed by atoms with E-state index in [1.54, 1.807) is 42.5 Å². The zero-order valence-electron chi connectivity index (χ0n) is 18.3. The number of anilines is 3. The zero-order chi connectivity index (χ0) is 23.0. The van der Waals surface area contributed by atoms with E-state index in [2.05, 4.69) is 21.3 Å². The largest absolute Gasteiger partial charge is 0.375 e. The molecule has 0 bridgehead atoms. The second-order valence-corrected chi connectivity index (χ2v) is 8.59. The summed E-state index contributed by atoms with van der Waals surface area (Å²) >= 11 is 6.19. The van der Waals surface area contributed by atoms with Gasteiger partial charge in [-0.15, -0.1) is 0 Å². The SMILES string of the molecule is CCCC(=O)Nc1ccc(Cl)c(NCC(=O)Nc2cccc(C(=O)NC(C)(C)C)c2)c1. The summed E-state index contributed by atoms with van der Waals surface area (Å²) in [5.41, 5.74) is 1.75. The highest BCUT2D eigenvalue weighted by atomic mass is 35.5. The molecule has 7 nitrogen and oxygen atoms in total. The van der Waals surface area contributed by atoms with Crippen LogP contribution in [0.2, 0.25) is 5.02 Å². The first-order chi connectivity index (χ1) is 14.6. The highest BCUT2D eigenvalue weighted by Crippen LogP contribution is 2.25. The van der Waals surface area contributed by atoms with Gasteiger partial charge < -0.3 is 21.3 Å². The summed E-state index contributed by atoms with van der Waals surface area (Å²) in [6.07, 6.45) is 1.18. The second kappa shape index (κ2) is 10.8. The molecule has 0 spiro atoms. The minimum Gasteiger partial charge on any atom is -0.375 e. The van der Waals surface area contributed by atoms with Crippen molar-refractivity contribution in [3.8, 4) is 0 Å². The fourth-order valence-corrected chi connectivity index (χ4v) is 2.91. The zero-order valence-corrected chi connectivity index (χ0v) is 19.0. The first-order valence-corrected chi connectivity index (χ1v) is 10.5. The van der Waals surface area contributed by atoms with Crippen molar-refractivity contribution in [2.45, 2.75) is 46.1 Å². The Hall–Kier alpha value is -3.06. The van der Waals surface area contributed by atoms with Crippen LogP contribution in [-0.4, -0.2) is 29.8 Å². The molecule has 2 aromatic carbocycles. The molecule has 0 fully saturated rings. The third kappa shape index (κ3) is 8.30. The molecule has 0 aliphatic rings. The Kier molecular flexibility index (Phi) is 8.45. The number of carbonyl (C=O) groups is 3. The van der Waals surface area contributed by atoms with E-state index in [-0.39, 0.29) is 29.8 Å².